The molecule has 0 bridgehead atoms. The molecular weight excluding hydrogens is 174 g/mol. The highest BCUT2D eigenvalue weighted by Crippen LogP contribution is 2.03. The number of hydrogen-bond donors (Lipinski definition) is 0. The first-order valence-corrected chi connectivity index (χ1v) is 4.39. The van der Waals surface area contributed by atoms with E-state index < -0.39 is 0 Å². The summed E-state index contributed by atoms with van der Waals surface area (Å²) in [6.07, 6.45) is 3.24. The van der Waals surface area contributed by atoms with Crippen molar-refractivity contribution in [2.24, 2.45) is 4.99 Å². The molecule has 0 aromatic rings. The number of rotatable bonds is 4. The van der Waals surface area contributed by atoms with Crippen LogP contribution < -0.4 is 0 Å². The molecule has 14 heavy (non-hydrogen) atoms. The second kappa shape index (κ2) is 6.62. The van der Waals surface area contributed by atoms with Crippen LogP contribution in [0.4, 0.5) is 0 Å². The van der Waals surface area contributed by atoms with Crippen molar-refractivity contribution >= 4 is 5.71 Å². The molecule has 3 nitrogen and oxygen atoms in total. The van der Waals surface area contributed by atoms with Crippen LogP contribution >= 0.6 is 0 Å². The predicted octanol–water partition coefficient (Wildman–Crippen LogP) is 2.73. The zero-order valence-electron chi connectivity index (χ0n) is 8.54. The summed E-state index contributed by atoms with van der Waals surface area (Å²) in [6.45, 7) is 7.37. The Morgan fingerprint density at radius 3 is 2.50 bits per heavy atom. The summed E-state index contributed by atoms with van der Waals surface area (Å²) >= 11 is 0. The molecule has 72 valence electrons. The average Bonchev–Trinajstić information content (AvgIpc) is 2.16. The highest BCUT2D eigenvalue weighted by atomic mass is 14.7. The van der Waals surface area contributed by atoms with E-state index in [-0.39, 0.29) is 11.3 Å². The molecule has 0 aromatic heterocycles. The Hall–Kier alpha value is -1.87. The van der Waals surface area contributed by atoms with Crippen molar-refractivity contribution in [2.45, 2.75) is 26.7 Å². The summed E-state index contributed by atoms with van der Waals surface area (Å²) in [4.78, 5) is 4.08. The van der Waals surface area contributed by atoms with Gasteiger partial charge in [0.25, 0.3) is 0 Å². The molecule has 0 spiro atoms. The van der Waals surface area contributed by atoms with Crippen molar-refractivity contribution in [1.82, 2.24) is 0 Å². The van der Waals surface area contributed by atoms with Crippen molar-refractivity contribution in [2.75, 3.05) is 0 Å². The maximum Gasteiger partial charge on any atom is 0.141 e. The van der Waals surface area contributed by atoms with Crippen molar-refractivity contribution in [3.8, 4) is 12.1 Å². The van der Waals surface area contributed by atoms with Crippen LogP contribution in [0.25, 0.3) is 0 Å². The third-order valence-electron chi connectivity index (χ3n) is 1.49. The molecule has 3 heteroatoms. The highest BCUT2D eigenvalue weighted by molar-refractivity contribution is 5.83. The van der Waals surface area contributed by atoms with Gasteiger partial charge in [0.1, 0.15) is 11.8 Å². The quantitative estimate of drug-likeness (QED) is 0.386. The van der Waals surface area contributed by atoms with Crippen LogP contribution in [0.2, 0.25) is 0 Å². The Morgan fingerprint density at radius 2 is 2.07 bits per heavy atom. The van der Waals surface area contributed by atoms with E-state index in [4.69, 9.17) is 10.5 Å². The second-order valence-electron chi connectivity index (χ2n) is 2.88. The van der Waals surface area contributed by atoms with Gasteiger partial charge in [0.2, 0.25) is 0 Å². The highest BCUT2D eigenvalue weighted by Gasteiger charge is 1.95. The lowest BCUT2D eigenvalue weighted by atomic mass is 10.2. The SMILES string of the molecule is C=C(C#N)/C=C(/C#N)N=C(C)CCC. The zero-order valence-corrected chi connectivity index (χ0v) is 8.54. The van der Waals surface area contributed by atoms with Gasteiger partial charge in [0.05, 0.1) is 6.07 Å². The second-order valence-corrected chi connectivity index (χ2v) is 2.88. The van der Waals surface area contributed by atoms with Crippen LogP contribution in [-0.2, 0) is 0 Å². The van der Waals surface area contributed by atoms with Crippen molar-refractivity contribution < 1.29 is 0 Å². The summed E-state index contributed by atoms with van der Waals surface area (Å²) in [6, 6.07) is 3.76. The molecule has 0 aliphatic carbocycles. The van der Waals surface area contributed by atoms with Crippen molar-refractivity contribution in [1.29, 1.82) is 10.5 Å². The van der Waals surface area contributed by atoms with Crippen LogP contribution in [0.15, 0.2) is 28.9 Å². The Bertz CT molecular complexity index is 348. The van der Waals surface area contributed by atoms with Gasteiger partial charge in [0, 0.05) is 11.3 Å². The summed E-state index contributed by atoms with van der Waals surface area (Å²) in [5.41, 5.74) is 1.38. The van der Waals surface area contributed by atoms with E-state index in [2.05, 4.69) is 11.6 Å². The van der Waals surface area contributed by atoms with Gasteiger partial charge in [-0.3, -0.25) is 0 Å². The topological polar surface area (TPSA) is 59.9 Å². The van der Waals surface area contributed by atoms with Gasteiger partial charge in [-0.25, -0.2) is 4.99 Å². The predicted molar refractivity (Wildman–Crippen MR) is 56.5 cm³/mol. The first kappa shape index (κ1) is 12.1. The fourth-order valence-electron chi connectivity index (χ4n) is 0.910. The van der Waals surface area contributed by atoms with E-state index in [9.17, 15) is 0 Å². The lowest BCUT2D eigenvalue weighted by Gasteiger charge is -1.95. The molecule has 0 aliphatic heterocycles. The van der Waals surface area contributed by atoms with Crippen molar-refractivity contribution in [3.05, 3.63) is 23.9 Å². The monoisotopic (exact) mass is 187 g/mol. The fraction of sp³-hybridized carbons (Fsp3) is 0.364. The van der Waals surface area contributed by atoms with Crippen LogP contribution in [-0.4, -0.2) is 5.71 Å². The van der Waals surface area contributed by atoms with Crippen LogP contribution in [0, 0.1) is 22.7 Å². The molecule has 0 fully saturated rings. The fourth-order valence-corrected chi connectivity index (χ4v) is 0.910. The Balaban J connectivity index is 4.71. The molecule has 0 saturated carbocycles. The molecule has 0 aromatic carbocycles. The molecule has 0 aliphatic rings. The maximum absolute atomic E-state index is 8.71. The third-order valence-corrected chi connectivity index (χ3v) is 1.49. The molecule has 0 heterocycles. The Kier molecular flexibility index (Phi) is 5.74. The molecule has 0 radical (unpaired) electrons. The molecular formula is C11H13N3. The van der Waals surface area contributed by atoms with Crippen LogP contribution in [0.3, 0.4) is 0 Å². The van der Waals surface area contributed by atoms with Crippen molar-refractivity contribution in [3.63, 3.8) is 0 Å². The molecule has 0 saturated heterocycles. The number of allylic oxidation sites excluding steroid dienone is 3. The summed E-state index contributed by atoms with van der Waals surface area (Å²) in [5.74, 6) is 0. The van der Waals surface area contributed by atoms with E-state index in [1.54, 1.807) is 0 Å². The number of nitrogens with zero attached hydrogens (tertiary/aromatic N) is 3. The van der Waals surface area contributed by atoms with Gasteiger partial charge in [-0.05, 0) is 19.4 Å². The summed E-state index contributed by atoms with van der Waals surface area (Å²) in [5, 5.41) is 17.2. The van der Waals surface area contributed by atoms with Gasteiger partial charge in [-0.15, -0.1) is 0 Å². The number of aliphatic imine (C=N–C) groups is 1. The van der Waals surface area contributed by atoms with Gasteiger partial charge in [-0.1, -0.05) is 19.9 Å². The molecule has 0 rings (SSSR count). The molecule has 0 amide bonds. The maximum atomic E-state index is 8.71. The lowest BCUT2D eigenvalue weighted by Crippen LogP contribution is -1.90. The minimum atomic E-state index is 0.238. The standard InChI is InChI=1S/C11H13N3/c1-4-5-10(3)14-11(8-13)6-9(2)7-12/h6H,2,4-5H2,1,3H3/b11-6-,14-10?. The number of hydrogen-bond acceptors (Lipinski definition) is 3. The average molecular weight is 187 g/mol. The minimum Gasteiger partial charge on any atom is -0.247 e. The third kappa shape index (κ3) is 4.90. The first-order chi connectivity index (χ1) is 6.63. The Morgan fingerprint density at radius 1 is 1.43 bits per heavy atom. The lowest BCUT2D eigenvalue weighted by molar-refractivity contribution is 0.985. The van der Waals surface area contributed by atoms with Gasteiger partial charge in [0.15, 0.2) is 0 Å². The molecule has 0 atom stereocenters. The summed E-state index contributed by atoms with van der Waals surface area (Å²) in [7, 11) is 0. The first-order valence-electron chi connectivity index (χ1n) is 4.39. The molecule has 0 N–H and O–H groups in total. The van der Waals surface area contributed by atoms with Crippen LogP contribution in [0.5, 0.6) is 0 Å². The van der Waals surface area contributed by atoms with E-state index in [0.29, 0.717) is 0 Å². The Labute approximate surface area is 84.7 Å². The summed E-state index contributed by atoms with van der Waals surface area (Å²) < 4.78 is 0. The largest absolute Gasteiger partial charge is 0.247 e. The van der Waals surface area contributed by atoms with E-state index in [1.807, 2.05) is 26.0 Å². The van der Waals surface area contributed by atoms with E-state index in [0.717, 1.165) is 18.6 Å². The van der Waals surface area contributed by atoms with E-state index in [1.165, 1.54) is 6.08 Å². The smallest absolute Gasteiger partial charge is 0.141 e. The van der Waals surface area contributed by atoms with Gasteiger partial charge in [-0.2, -0.15) is 10.5 Å². The van der Waals surface area contributed by atoms with Crippen LogP contribution in [0.1, 0.15) is 26.7 Å². The molecule has 0 unspecified atom stereocenters. The number of nitriles is 2. The van der Waals surface area contributed by atoms with E-state index >= 15 is 0 Å². The van der Waals surface area contributed by atoms with Gasteiger partial charge >= 0.3 is 0 Å². The zero-order chi connectivity index (χ0) is 11.0. The minimum absolute atomic E-state index is 0.238. The normalized spacial score (nSPS) is 11.7. The van der Waals surface area contributed by atoms with Gasteiger partial charge < -0.3 is 0 Å².